The lowest BCUT2D eigenvalue weighted by Gasteiger charge is -2.32. The Kier molecular flexibility index (Phi) is 6.34. The molecule has 0 saturated carbocycles. The third kappa shape index (κ3) is 5.19. The van der Waals surface area contributed by atoms with Crippen LogP contribution in [-0.2, 0) is 24.2 Å². The number of ether oxygens (including phenoxy) is 1. The zero-order chi connectivity index (χ0) is 20.9. The van der Waals surface area contributed by atoms with Gasteiger partial charge in [-0.3, -0.25) is 0 Å². The lowest BCUT2D eigenvalue weighted by molar-refractivity contribution is 0.0938. The van der Waals surface area contributed by atoms with Crippen LogP contribution in [-0.4, -0.2) is 62.8 Å². The van der Waals surface area contributed by atoms with Crippen molar-refractivity contribution in [2.24, 2.45) is 0 Å². The quantitative estimate of drug-likeness (QED) is 0.608. The Morgan fingerprint density at radius 2 is 1.87 bits per heavy atom. The molecule has 0 unspecified atom stereocenters. The van der Waals surface area contributed by atoms with Gasteiger partial charge in [0.1, 0.15) is 6.61 Å². The zero-order valence-electron chi connectivity index (χ0n) is 15.9. The molecular formula is C18H19Cl2N7O3. The number of anilines is 1. The number of nitrogens with one attached hydrogen (secondary N) is 1. The van der Waals surface area contributed by atoms with Crippen LogP contribution in [0.5, 0.6) is 0 Å². The Hall–Kier alpha value is -2.85. The summed E-state index contributed by atoms with van der Waals surface area (Å²) in [4.78, 5) is 15.9. The second-order valence-corrected chi connectivity index (χ2v) is 7.62. The Morgan fingerprint density at radius 1 is 1.10 bits per heavy atom. The smallest absolute Gasteiger partial charge is 0.410 e. The van der Waals surface area contributed by atoms with Gasteiger partial charge in [-0.05, 0) is 23.8 Å². The highest BCUT2D eigenvalue weighted by molar-refractivity contribution is 6.34. The van der Waals surface area contributed by atoms with Gasteiger partial charge in [0.05, 0.1) is 11.9 Å². The molecule has 1 aromatic carbocycles. The molecule has 10 nitrogen and oxygen atoms in total. The highest BCUT2D eigenvalue weighted by Crippen LogP contribution is 2.20. The van der Waals surface area contributed by atoms with E-state index in [1.165, 1.54) is 0 Å². The molecular weight excluding hydrogens is 433 g/mol. The Labute approximate surface area is 182 Å². The van der Waals surface area contributed by atoms with Crippen LogP contribution < -0.4 is 4.90 Å². The number of piperazine rings is 1. The summed E-state index contributed by atoms with van der Waals surface area (Å²) < 4.78 is 11.1. The molecule has 1 aliphatic rings. The summed E-state index contributed by atoms with van der Waals surface area (Å²) in [6.07, 6.45) is 2.52. The van der Waals surface area contributed by atoms with Crippen LogP contribution >= 0.6 is 23.2 Å². The van der Waals surface area contributed by atoms with Crippen molar-refractivity contribution >= 4 is 35.3 Å². The fraction of sp³-hybridized carbons (Fsp3) is 0.389. The third-order valence-corrected chi connectivity index (χ3v) is 5.05. The number of aromatic nitrogens is 5. The van der Waals surface area contributed by atoms with Crippen LogP contribution in [0.15, 0.2) is 28.8 Å². The van der Waals surface area contributed by atoms with Crippen molar-refractivity contribution < 1.29 is 13.9 Å². The molecule has 0 aliphatic carbocycles. The second kappa shape index (κ2) is 9.31. The van der Waals surface area contributed by atoms with E-state index in [1.807, 2.05) is 4.90 Å². The number of aromatic amines is 1. The SMILES string of the molecule is O=C(OCc1cc(Cl)cc(Cl)c1)N1CCN(c2nnc(CCc3cn[nH]n3)o2)CC1. The summed E-state index contributed by atoms with van der Waals surface area (Å²) >= 11 is 11.9. The number of halogens is 2. The topological polar surface area (TPSA) is 113 Å². The number of benzene rings is 1. The number of nitrogens with zero attached hydrogens (tertiary/aromatic N) is 6. The molecule has 3 heterocycles. The maximum Gasteiger partial charge on any atom is 0.410 e. The molecule has 158 valence electrons. The van der Waals surface area contributed by atoms with E-state index >= 15 is 0 Å². The van der Waals surface area contributed by atoms with E-state index in [0.29, 0.717) is 61.0 Å². The van der Waals surface area contributed by atoms with E-state index in [-0.39, 0.29) is 12.7 Å². The summed E-state index contributed by atoms with van der Waals surface area (Å²) in [6, 6.07) is 5.51. The van der Waals surface area contributed by atoms with Gasteiger partial charge in [0, 0.05) is 49.1 Å². The first-order chi connectivity index (χ1) is 14.6. The number of aryl methyl sites for hydroxylation is 2. The average Bonchev–Trinajstić information content (AvgIpc) is 3.42. The van der Waals surface area contributed by atoms with Crippen LogP contribution in [0.25, 0.3) is 0 Å². The van der Waals surface area contributed by atoms with Crippen molar-refractivity contribution in [3.8, 4) is 0 Å². The molecule has 30 heavy (non-hydrogen) atoms. The van der Waals surface area contributed by atoms with E-state index in [0.717, 1.165) is 11.3 Å². The first-order valence-electron chi connectivity index (χ1n) is 9.35. The third-order valence-electron chi connectivity index (χ3n) is 4.61. The van der Waals surface area contributed by atoms with Crippen molar-refractivity contribution in [3.05, 3.63) is 51.6 Å². The maximum atomic E-state index is 12.3. The molecule has 2 aromatic heterocycles. The number of hydrogen-bond acceptors (Lipinski definition) is 8. The molecule has 0 radical (unpaired) electrons. The number of rotatable bonds is 6. The number of hydrogen-bond donors (Lipinski definition) is 1. The van der Waals surface area contributed by atoms with Gasteiger partial charge < -0.3 is 19.0 Å². The van der Waals surface area contributed by atoms with E-state index < -0.39 is 0 Å². The minimum Gasteiger partial charge on any atom is -0.445 e. The van der Waals surface area contributed by atoms with Gasteiger partial charge in [-0.1, -0.05) is 28.3 Å². The molecule has 1 fully saturated rings. The lowest BCUT2D eigenvalue weighted by Crippen LogP contribution is -2.49. The standard InChI is InChI=1S/C18H19Cl2N7O3/c19-13-7-12(8-14(20)9-13)11-29-18(28)27-5-3-26(4-6-27)17-24-23-16(30-17)2-1-15-10-21-25-22-15/h7-10H,1-6,11H2,(H,21,22,25). The molecule has 1 amide bonds. The van der Waals surface area contributed by atoms with E-state index in [2.05, 4.69) is 25.6 Å². The minimum absolute atomic E-state index is 0.109. The predicted molar refractivity (Wildman–Crippen MR) is 109 cm³/mol. The largest absolute Gasteiger partial charge is 0.445 e. The fourth-order valence-electron chi connectivity index (χ4n) is 3.07. The van der Waals surface area contributed by atoms with Gasteiger partial charge >= 0.3 is 12.1 Å². The highest BCUT2D eigenvalue weighted by Gasteiger charge is 2.25. The van der Waals surface area contributed by atoms with Gasteiger partial charge in [0.25, 0.3) is 0 Å². The van der Waals surface area contributed by atoms with E-state index in [4.69, 9.17) is 32.4 Å². The zero-order valence-corrected chi connectivity index (χ0v) is 17.4. The van der Waals surface area contributed by atoms with Gasteiger partial charge in [-0.25, -0.2) is 4.79 Å². The Balaban J connectivity index is 1.24. The lowest BCUT2D eigenvalue weighted by atomic mass is 10.2. The minimum atomic E-state index is -0.385. The van der Waals surface area contributed by atoms with Gasteiger partial charge in [0.15, 0.2) is 0 Å². The molecule has 1 aliphatic heterocycles. The van der Waals surface area contributed by atoms with Crippen LogP contribution in [0.1, 0.15) is 17.1 Å². The van der Waals surface area contributed by atoms with Crippen LogP contribution in [0.2, 0.25) is 10.0 Å². The number of H-pyrrole nitrogens is 1. The maximum absolute atomic E-state index is 12.3. The van der Waals surface area contributed by atoms with Gasteiger partial charge in [-0.2, -0.15) is 15.4 Å². The molecule has 1 saturated heterocycles. The summed E-state index contributed by atoms with van der Waals surface area (Å²) in [7, 11) is 0. The average molecular weight is 452 g/mol. The van der Waals surface area contributed by atoms with E-state index in [1.54, 1.807) is 29.3 Å². The van der Waals surface area contributed by atoms with Crippen LogP contribution in [0, 0.1) is 0 Å². The molecule has 0 spiro atoms. The van der Waals surface area contributed by atoms with Crippen molar-refractivity contribution in [2.45, 2.75) is 19.4 Å². The fourth-order valence-corrected chi connectivity index (χ4v) is 3.64. The Bertz CT molecular complexity index is 967. The summed E-state index contributed by atoms with van der Waals surface area (Å²) in [5, 5.41) is 19.5. The number of amides is 1. The second-order valence-electron chi connectivity index (χ2n) is 6.75. The van der Waals surface area contributed by atoms with Crippen molar-refractivity contribution in [3.63, 3.8) is 0 Å². The number of carbonyl (C=O) groups is 1. The van der Waals surface area contributed by atoms with Gasteiger partial charge in [0.2, 0.25) is 5.89 Å². The van der Waals surface area contributed by atoms with Crippen molar-refractivity contribution in [1.29, 1.82) is 0 Å². The highest BCUT2D eigenvalue weighted by atomic mass is 35.5. The first-order valence-corrected chi connectivity index (χ1v) is 10.1. The van der Waals surface area contributed by atoms with Crippen LogP contribution in [0.3, 0.4) is 0 Å². The molecule has 4 rings (SSSR count). The Morgan fingerprint density at radius 3 is 2.57 bits per heavy atom. The molecule has 12 heteroatoms. The molecule has 0 bridgehead atoms. The first kappa shape index (κ1) is 20.4. The van der Waals surface area contributed by atoms with Crippen LogP contribution in [0.4, 0.5) is 10.8 Å². The summed E-state index contributed by atoms with van der Waals surface area (Å²) in [6.45, 7) is 2.24. The molecule has 1 N–H and O–H groups in total. The molecule has 3 aromatic rings. The molecule has 0 atom stereocenters. The summed E-state index contributed by atoms with van der Waals surface area (Å²) in [5.41, 5.74) is 1.57. The van der Waals surface area contributed by atoms with Crippen molar-refractivity contribution in [2.75, 3.05) is 31.1 Å². The van der Waals surface area contributed by atoms with Gasteiger partial charge in [-0.15, -0.1) is 5.10 Å². The normalized spacial score (nSPS) is 14.2. The number of carbonyl (C=O) groups excluding carboxylic acids is 1. The summed E-state index contributed by atoms with van der Waals surface area (Å²) in [5.74, 6) is 0.537. The predicted octanol–water partition coefficient (Wildman–Crippen LogP) is 2.74. The van der Waals surface area contributed by atoms with E-state index in [9.17, 15) is 4.79 Å². The van der Waals surface area contributed by atoms with Crippen molar-refractivity contribution in [1.82, 2.24) is 30.5 Å². The monoisotopic (exact) mass is 451 g/mol.